The Morgan fingerprint density at radius 1 is 1.35 bits per heavy atom. The highest BCUT2D eigenvalue weighted by Crippen LogP contribution is 2.36. The summed E-state index contributed by atoms with van der Waals surface area (Å²) in [5.74, 6) is -8.20. The van der Waals surface area contributed by atoms with Crippen LogP contribution in [0.4, 0.5) is 13.2 Å². The molecule has 7 heteroatoms. The molecule has 0 fully saturated rings. The van der Waals surface area contributed by atoms with Crippen LogP contribution < -0.4 is 5.32 Å². The van der Waals surface area contributed by atoms with Crippen LogP contribution in [0.2, 0.25) is 0 Å². The molecule has 1 aromatic rings. The van der Waals surface area contributed by atoms with Gasteiger partial charge in [0.25, 0.3) is 5.79 Å². The zero-order valence-corrected chi connectivity index (χ0v) is 12.6. The number of carbonyl (C=O) groups is 1. The largest absolute Gasteiger partial charge is 0.477 e. The van der Waals surface area contributed by atoms with Crippen molar-refractivity contribution in [3.8, 4) is 0 Å². The van der Waals surface area contributed by atoms with Crippen molar-refractivity contribution >= 4 is 11.5 Å². The lowest BCUT2D eigenvalue weighted by atomic mass is 9.94. The number of carboxylic acid groups (broad SMARTS) is 1. The van der Waals surface area contributed by atoms with Crippen molar-refractivity contribution in [1.29, 1.82) is 0 Å². The number of nitrogens with one attached hydrogen (secondary N) is 1. The molecule has 0 spiro atoms. The molecule has 0 aliphatic carbocycles. The summed E-state index contributed by atoms with van der Waals surface area (Å²) in [5.41, 5.74) is 0.199. The Morgan fingerprint density at radius 2 is 2.00 bits per heavy atom. The first-order valence-corrected chi connectivity index (χ1v) is 6.93. The Labute approximate surface area is 131 Å². The van der Waals surface area contributed by atoms with Crippen molar-refractivity contribution in [3.63, 3.8) is 0 Å². The minimum absolute atomic E-state index is 0.0959. The second-order valence-corrected chi connectivity index (χ2v) is 5.34. The Bertz CT molecular complexity index is 685. The molecule has 4 nitrogen and oxygen atoms in total. The first-order valence-electron chi connectivity index (χ1n) is 6.93. The SMILES string of the molecule is CC(C)OCc1ccccc1C1=CC(F)(C(=O)O)NC(F)=C1F. The number of hydrogen-bond acceptors (Lipinski definition) is 3. The van der Waals surface area contributed by atoms with Crippen molar-refractivity contribution in [2.75, 3.05) is 0 Å². The molecule has 1 atom stereocenters. The van der Waals surface area contributed by atoms with Crippen LogP contribution in [0.1, 0.15) is 25.0 Å². The highest BCUT2D eigenvalue weighted by Gasteiger charge is 2.43. The number of ether oxygens (including phenoxy) is 1. The Kier molecular flexibility index (Phi) is 4.79. The average Bonchev–Trinajstić information content (AvgIpc) is 2.49. The molecule has 124 valence electrons. The van der Waals surface area contributed by atoms with Crippen LogP contribution >= 0.6 is 0 Å². The normalized spacial score (nSPS) is 21.2. The van der Waals surface area contributed by atoms with Gasteiger partial charge in [-0.1, -0.05) is 24.3 Å². The molecule has 2 N–H and O–H groups in total. The van der Waals surface area contributed by atoms with Crippen molar-refractivity contribution in [3.05, 3.63) is 53.2 Å². The molecule has 0 aromatic heterocycles. The van der Waals surface area contributed by atoms with Crippen LogP contribution in [-0.4, -0.2) is 23.0 Å². The van der Waals surface area contributed by atoms with E-state index in [1.54, 1.807) is 18.2 Å². The molecule has 0 bridgehead atoms. The third kappa shape index (κ3) is 3.56. The third-order valence-corrected chi connectivity index (χ3v) is 3.26. The zero-order valence-electron chi connectivity index (χ0n) is 12.6. The maximum absolute atomic E-state index is 14.2. The minimum Gasteiger partial charge on any atom is -0.477 e. The van der Waals surface area contributed by atoms with Gasteiger partial charge in [-0.25, -0.2) is 13.6 Å². The number of dihydropyridines is 1. The predicted molar refractivity (Wildman–Crippen MR) is 78.2 cm³/mol. The van der Waals surface area contributed by atoms with Crippen LogP contribution in [-0.2, 0) is 16.1 Å². The second-order valence-electron chi connectivity index (χ2n) is 5.34. The van der Waals surface area contributed by atoms with Gasteiger partial charge < -0.3 is 15.2 Å². The van der Waals surface area contributed by atoms with E-state index >= 15 is 0 Å². The van der Waals surface area contributed by atoms with Gasteiger partial charge in [-0.15, -0.1) is 0 Å². The lowest BCUT2D eigenvalue weighted by Crippen LogP contribution is -2.47. The molecule has 1 aromatic carbocycles. The van der Waals surface area contributed by atoms with Gasteiger partial charge in [0.15, 0.2) is 5.83 Å². The minimum atomic E-state index is -3.22. The molecular formula is C16H16F3NO3. The van der Waals surface area contributed by atoms with Gasteiger partial charge in [0.1, 0.15) is 0 Å². The fourth-order valence-corrected chi connectivity index (χ4v) is 2.11. The highest BCUT2D eigenvalue weighted by atomic mass is 19.2. The van der Waals surface area contributed by atoms with Gasteiger partial charge >= 0.3 is 5.97 Å². The smallest absolute Gasteiger partial charge is 0.367 e. The van der Waals surface area contributed by atoms with E-state index in [9.17, 15) is 18.0 Å². The van der Waals surface area contributed by atoms with Crippen LogP contribution in [0.15, 0.2) is 42.1 Å². The van der Waals surface area contributed by atoms with Crippen LogP contribution in [0.25, 0.3) is 5.57 Å². The van der Waals surface area contributed by atoms with Crippen molar-refractivity contribution in [2.45, 2.75) is 32.4 Å². The third-order valence-electron chi connectivity index (χ3n) is 3.26. The Balaban J connectivity index is 2.51. The summed E-state index contributed by atoms with van der Waals surface area (Å²) in [7, 11) is 0. The summed E-state index contributed by atoms with van der Waals surface area (Å²) >= 11 is 0. The molecular weight excluding hydrogens is 311 g/mol. The number of aliphatic carboxylic acids is 1. The van der Waals surface area contributed by atoms with E-state index in [4.69, 9.17) is 9.84 Å². The number of benzene rings is 1. The van der Waals surface area contributed by atoms with Gasteiger partial charge in [-0.05, 0) is 31.1 Å². The summed E-state index contributed by atoms with van der Waals surface area (Å²) in [5, 5.41) is 10.3. The standard InChI is InChI=1S/C16H16F3NO3/c1-9(2)23-8-10-5-3-4-6-11(10)12-7-16(19,15(21)22)20-14(18)13(12)17/h3-7,9,20H,8H2,1-2H3,(H,21,22). The number of hydrogen-bond donors (Lipinski definition) is 2. The van der Waals surface area contributed by atoms with E-state index in [2.05, 4.69) is 0 Å². The summed E-state index contributed by atoms with van der Waals surface area (Å²) in [6.45, 7) is 3.72. The maximum atomic E-state index is 14.2. The number of rotatable bonds is 5. The molecule has 0 saturated heterocycles. The van der Waals surface area contributed by atoms with Crippen molar-refractivity contribution in [1.82, 2.24) is 5.32 Å². The van der Waals surface area contributed by atoms with Crippen LogP contribution in [0, 0.1) is 0 Å². The molecule has 1 heterocycles. The van der Waals surface area contributed by atoms with E-state index in [0.717, 1.165) is 0 Å². The van der Waals surface area contributed by atoms with Crippen molar-refractivity contribution in [2.24, 2.45) is 0 Å². The topological polar surface area (TPSA) is 58.6 Å². The summed E-state index contributed by atoms with van der Waals surface area (Å²) < 4.78 is 47.4. The quantitative estimate of drug-likeness (QED) is 0.813. The maximum Gasteiger partial charge on any atom is 0.367 e. The monoisotopic (exact) mass is 327 g/mol. The van der Waals surface area contributed by atoms with Gasteiger partial charge in [0.05, 0.1) is 12.7 Å². The van der Waals surface area contributed by atoms with E-state index in [0.29, 0.717) is 11.6 Å². The number of alkyl halides is 1. The number of carboxylic acids is 1. The lowest BCUT2D eigenvalue weighted by Gasteiger charge is -2.25. The van der Waals surface area contributed by atoms with E-state index in [1.165, 1.54) is 11.4 Å². The van der Waals surface area contributed by atoms with Crippen LogP contribution in [0.3, 0.4) is 0 Å². The molecule has 1 aliphatic rings. The number of halogens is 3. The van der Waals surface area contributed by atoms with Gasteiger partial charge in [-0.2, -0.15) is 4.39 Å². The summed E-state index contributed by atoms with van der Waals surface area (Å²) in [6.07, 6.45) is 0.420. The summed E-state index contributed by atoms with van der Waals surface area (Å²) in [4.78, 5) is 11.0. The van der Waals surface area contributed by atoms with Gasteiger partial charge in [0.2, 0.25) is 5.95 Å². The Hall–Kier alpha value is -2.28. The highest BCUT2D eigenvalue weighted by molar-refractivity contribution is 5.89. The fourth-order valence-electron chi connectivity index (χ4n) is 2.11. The van der Waals surface area contributed by atoms with Crippen LogP contribution in [0.5, 0.6) is 0 Å². The molecule has 0 radical (unpaired) electrons. The first-order chi connectivity index (χ1) is 10.7. The molecule has 0 amide bonds. The second kappa shape index (κ2) is 6.45. The average molecular weight is 327 g/mol. The summed E-state index contributed by atoms with van der Waals surface area (Å²) in [6, 6.07) is 6.29. The molecule has 23 heavy (non-hydrogen) atoms. The number of allylic oxidation sites excluding steroid dienone is 2. The first kappa shape index (κ1) is 17.1. The van der Waals surface area contributed by atoms with E-state index < -0.39 is 29.1 Å². The molecule has 0 saturated carbocycles. The van der Waals surface area contributed by atoms with Crippen molar-refractivity contribution < 1.29 is 27.8 Å². The van der Waals surface area contributed by atoms with Gasteiger partial charge in [0, 0.05) is 5.57 Å². The molecule has 1 aliphatic heterocycles. The van der Waals surface area contributed by atoms with Gasteiger partial charge in [-0.3, -0.25) is 0 Å². The zero-order chi connectivity index (χ0) is 17.2. The Morgan fingerprint density at radius 3 is 2.61 bits per heavy atom. The fraction of sp³-hybridized carbons (Fsp3) is 0.312. The lowest BCUT2D eigenvalue weighted by molar-refractivity contribution is -0.149. The molecule has 1 unspecified atom stereocenters. The molecule has 2 rings (SSSR count). The van der Waals surface area contributed by atoms with E-state index in [1.807, 2.05) is 13.8 Å². The predicted octanol–water partition coefficient (Wildman–Crippen LogP) is 3.46. The van der Waals surface area contributed by atoms with E-state index in [-0.39, 0.29) is 18.3 Å².